The van der Waals surface area contributed by atoms with Gasteiger partial charge in [0.1, 0.15) is 5.82 Å². The Morgan fingerprint density at radius 3 is 2.02 bits per heavy atom. The Labute approximate surface area is 339 Å². The molecule has 9 aromatic rings. The number of nitrogens with zero attached hydrogens (tertiary/aromatic N) is 2. The van der Waals surface area contributed by atoms with Crippen LogP contribution in [-0.4, -0.2) is 16.3 Å². The Morgan fingerprint density at radius 1 is 0.603 bits per heavy atom. The third-order valence-electron chi connectivity index (χ3n) is 13.2. The number of fused-ring (bicyclic) bond motifs is 6. The lowest BCUT2D eigenvalue weighted by Crippen LogP contribution is -2.58. The zero-order chi connectivity index (χ0) is 39.6. The van der Waals surface area contributed by atoms with Crippen LogP contribution < -0.4 is 25.9 Å². The van der Waals surface area contributed by atoms with Crippen molar-refractivity contribution in [1.29, 1.82) is 0 Å². The fourth-order valence-corrected chi connectivity index (χ4v) is 10.5. The highest BCUT2D eigenvalue weighted by Crippen LogP contribution is 2.50. The van der Waals surface area contributed by atoms with Crippen molar-refractivity contribution >= 4 is 66.5 Å². The molecule has 58 heavy (non-hydrogen) atoms. The molecule has 0 fully saturated rings. The minimum atomic E-state index is -0.131. The number of imidazole rings is 1. The number of benzene rings is 8. The van der Waals surface area contributed by atoms with Crippen LogP contribution in [0.2, 0.25) is 0 Å². The van der Waals surface area contributed by atoms with Gasteiger partial charge >= 0.3 is 0 Å². The van der Waals surface area contributed by atoms with Gasteiger partial charge in [-0.25, -0.2) is 4.98 Å². The summed E-state index contributed by atoms with van der Waals surface area (Å²) in [7, 11) is 0. The molecule has 0 amide bonds. The highest BCUT2D eigenvalue weighted by molar-refractivity contribution is 7.02. The maximum atomic E-state index is 7.05. The second kappa shape index (κ2) is 11.2. The molecule has 4 nitrogen and oxygen atoms in total. The molecule has 0 unspecified atom stereocenters. The fraction of sp³-hybridized carbons (Fsp3) is 0.189. The van der Waals surface area contributed by atoms with Gasteiger partial charge in [-0.1, -0.05) is 138 Å². The van der Waals surface area contributed by atoms with E-state index in [1.165, 1.54) is 82.3 Å². The van der Waals surface area contributed by atoms with Crippen LogP contribution >= 0.6 is 0 Å². The van der Waals surface area contributed by atoms with Crippen LogP contribution in [-0.2, 0) is 10.8 Å². The lowest BCUT2D eigenvalue weighted by Gasteiger charge is -2.36. The van der Waals surface area contributed by atoms with Crippen molar-refractivity contribution in [2.75, 3.05) is 0 Å². The van der Waals surface area contributed by atoms with Gasteiger partial charge < -0.3 is 9.47 Å². The van der Waals surface area contributed by atoms with Crippen molar-refractivity contribution in [3.8, 4) is 51.2 Å². The highest BCUT2D eigenvalue weighted by atomic mass is 16.6. The normalized spacial score (nSPS) is 13.8. The Morgan fingerprint density at radius 2 is 1.31 bits per heavy atom. The summed E-state index contributed by atoms with van der Waals surface area (Å²) in [5.74, 6) is 3.85. The van der Waals surface area contributed by atoms with E-state index in [0.717, 1.165) is 39.4 Å². The molecule has 0 saturated heterocycles. The number of aromatic nitrogens is 2. The van der Waals surface area contributed by atoms with Gasteiger partial charge in [0.2, 0.25) is 0 Å². The quantitative estimate of drug-likeness (QED) is 0.130. The maximum Gasteiger partial charge on any atom is 0.253 e. The third kappa shape index (κ3) is 4.39. The molecule has 280 valence electrons. The summed E-state index contributed by atoms with van der Waals surface area (Å²) in [5, 5.41) is 7.82. The smallest absolute Gasteiger partial charge is 0.253 e. The SMILES string of the molecule is Cc1cccc(C)c1-c1nc2cc3c(c4c2n1-c1cc(-c2ccc(C(C)(C)C)cc2)c2ccc5ccc6c(C(C)(C)C)ccc7c6c5c2c1B74)Oc1ccccc1O3. The van der Waals surface area contributed by atoms with E-state index in [1.807, 2.05) is 24.3 Å². The summed E-state index contributed by atoms with van der Waals surface area (Å²) < 4.78 is 16.3. The van der Waals surface area contributed by atoms with E-state index in [1.54, 1.807) is 0 Å². The molecule has 4 heterocycles. The number of rotatable bonds is 2. The Balaban J connectivity index is 1.31. The van der Waals surface area contributed by atoms with Crippen LogP contribution in [0.5, 0.6) is 23.0 Å². The minimum Gasteiger partial charge on any atom is -0.450 e. The second-order valence-corrected chi connectivity index (χ2v) is 18.8. The Kier molecular flexibility index (Phi) is 6.52. The lowest BCUT2D eigenvalue weighted by atomic mass is 9.32. The summed E-state index contributed by atoms with van der Waals surface area (Å²) in [6.45, 7) is 18.1. The molecule has 3 aliphatic rings. The van der Waals surface area contributed by atoms with E-state index >= 15 is 0 Å². The van der Waals surface area contributed by atoms with E-state index in [2.05, 4.69) is 151 Å². The van der Waals surface area contributed by atoms with E-state index in [-0.39, 0.29) is 17.5 Å². The molecule has 0 N–H and O–H groups in total. The number of para-hydroxylation sites is 2. The molecule has 5 heteroatoms. The minimum absolute atomic E-state index is 0.0481. The topological polar surface area (TPSA) is 36.3 Å². The lowest BCUT2D eigenvalue weighted by molar-refractivity contribution is 0.362. The van der Waals surface area contributed by atoms with Crippen LogP contribution in [0.25, 0.3) is 71.6 Å². The molecule has 0 radical (unpaired) electrons. The standard InChI is InChI=1S/C53H43BN2O2/c1-28-12-11-13-29(2)43(28)51-55-38-27-42-50(58-41-15-10-9-14-40(41)57-42)48-49(38)56(51)39-26-35(30-16-20-32(21-17-30)52(3,4)5)33-22-18-31-19-23-34-36(53(6,7)8)24-25-37-45(34)44(31)46(33)47(39)54(37)48/h9-27H,1-8H3. The van der Waals surface area contributed by atoms with Crippen molar-refractivity contribution in [1.82, 2.24) is 9.55 Å². The van der Waals surface area contributed by atoms with Gasteiger partial charge in [0.15, 0.2) is 23.0 Å². The largest absolute Gasteiger partial charge is 0.450 e. The van der Waals surface area contributed by atoms with Crippen molar-refractivity contribution in [2.45, 2.75) is 66.2 Å². The first-order valence-corrected chi connectivity index (χ1v) is 20.6. The predicted molar refractivity (Wildman–Crippen MR) is 243 cm³/mol. The molecule has 0 aliphatic carbocycles. The van der Waals surface area contributed by atoms with Crippen molar-refractivity contribution in [3.63, 3.8) is 0 Å². The molecule has 12 rings (SSSR count). The van der Waals surface area contributed by atoms with Crippen LogP contribution in [0.15, 0.2) is 115 Å². The Bertz CT molecular complexity index is 3300. The third-order valence-corrected chi connectivity index (χ3v) is 13.2. The predicted octanol–water partition coefficient (Wildman–Crippen LogP) is 12.1. The van der Waals surface area contributed by atoms with Crippen LogP contribution in [0.1, 0.15) is 63.8 Å². The zero-order valence-corrected chi connectivity index (χ0v) is 34.3. The number of hydrogen-bond acceptors (Lipinski definition) is 3. The first-order chi connectivity index (χ1) is 27.9. The Hall–Kier alpha value is -6.33. The van der Waals surface area contributed by atoms with E-state index < -0.39 is 0 Å². The maximum absolute atomic E-state index is 7.05. The van der Waals surface area contributed by atoms with Crippen LogP contribution in [0, 0.1) is 13.8 Å². The van der Waals surface area contributed by atoms with Gasteiger partial charge in [-0.3, -0.25) is 4.57 Å². The van der Waals surface area contributed by atoms with Gasteiger partial charge in [-0.2, -0.15) is 0 Å². The summed E-state index contributed by atoms with van der Waals surface area (Å²) >= 11 is 0. The summed E-state index contributed by atoms with van der Waals surface area (Å²) in [4.78, 5) is 5.61. The first kappa shape index (κ1) is 33.8. The van der Waals surface area contributed by atoms with Gasteiger partial charge in [-0.05, 0) is 114 Å². The van der Waals surface area contributed by atoms with Crippen molar-refractivity contribution in [3.05, 3.63) is 138 Å². The molecular formula is C53H43BN2O2. The zero-order valence-electron chi connectivity index (χ0n) is 34.3. The van der Waals surface area contributed by atoms with Crippen LogP contribution in [0.4, 0.5) is 0 Å². The average molecular weight is 751 g/mol. The van der Waals surface area contributed by atoms with E-state index in [0.29, 0.717) is 11.5 Å². The summed E-state index contributed by atoms with van der Waals surface area (Å²) in [5.41, 5.74) is 15.5. The van der Waals surface area contributed by atoms with E-state index in [9.17, 15) is 0 Å². The molecule has 0 saturated carbocycles. The number of hydrogen-bond donors (Lipinski definition) is 0. The fourth-order valence-electron chi connectivity index (χ4n) is 10.5. The van der Waals surface area contributed by atoms with Gasteiger partial charge in [0.05, 0.1) is 11.0 Å². The van der Waals surface area contributed by atoms with Gasteiger partial charge in [-0.15, -0.1) is 0 Å². The van der Waals surface area contributed by atoms with Crippen molar-refractivity contribution < 1.29 is 9.47 Å². The number of aryl methyl sites for hydroxylation is 2. The second-order valence-electron chi connectivity index (χ2n) is 18.8. The van der Waals surface area contributed by atoms with Crippen molar-refractivity contribution in [2.24, 2.45) is 0 Å². The average Bonchev–Trinajstić information content (AvgIpc) is 3.57. The molecular weight excluding hydrogens is 707 g/mol. The highest BCUT2D eigenvalue weighted by Gasteiger charge is 2.44. The molecule has 3 aliphatic heterocycles. The molecule has 0 spiro atoms. The van der Waals surface area contributed by atoms with Gasteiger partial charge in [0, 0.05) is 22.8 Å². The summed E-state index contributed by atoms with van der Waals surface area (Å²) in [6.07, 6.45) is 0. The van der Waals surface area contributed by atoms with Gasteiger partial charge in [0.25, 0.3) is 6.71 Å². The molecule has 0 atom stereocenters. The molecule has 8 aromatic carbocycles. The molecule has 0 bridgehead atoms. The molecule has 1 aromatic heterocycles. The van der Waals surface area contributed by atoms with E-state index in [4.69, 9.17) is 14.5 Å². The monoisotopic (exact) mass is 750 g/mol. The number of ether oxygens (including phenoxy) is 2. The first-order valence-electron chi connectivity index (χ1n) is 20.6. The van der Waals surface area contributed by atoms with Crippen LogP contribution in [0.3, 0.4) is 0 Å². The summed E-state index contributed by atoms with van der Waals surface area (Å²) in [6, 6.07) is 42.6.